The molecule has 0 bridgehead atoms. The van der Waals surface area contributed by atoms with Gasteiger partial charge >= 0.3 is 5.88 Å². The number of nitro groups is 1. The summed E-state index contributed by atoms with van der Waals surface area (Å²) in [5.74, 6) is -0.197. The van der Waals surface area contributed by atoms with Gasteiger partial charge in [-0.05, 0) is 23.8 Å². The first-order chi connectivity index (χ1) is 8.56. The molecule has 0 amide bonds. The van der Waals surface area contributed by atoms with Crippen LogP contribution < -0.4 is 0 Å². The van der Waals surface area contributed by atoms with Gasteiger partial charge < -0.3 is 9.52 Å². The van der Waals surface area contributed by atoms with Gasteiger partial charge in [0.1, 0.15) is 16.8 Å². The predicted octanol–water partition coefficient (Wildman–Crippen LogP) is 3.12. The number of nitrogens with zero attached hydrogens (tertiary/aromatic N) is 1. The highest BCUT2D eigenvalue weighted by atomic mass is 35.5. The summed E-state index contributed by atoms with van der Waals surface area (Å²) in [6.45, 7) is 0. The Bertz CT molecular complexity index is 549. The Morgan fingerprint density at radius 3 is 2.50 bits per heavy atom. The van der Waals surface area contributed by atoms with Crippen molar-refractivity contribution in [2.24, 2.45) is 0 Å². The topological polar surface area (TPSA) is 76.5 Å². The Balaban J connectivity index is 2.09. The second-order valence-corrected chi connectivity index (χ2v) is 4.22. The first-order valence-corrected chi connectivity index (χ1v) is 5.60. The van der Waals surface area contributed by atoms with Gasteiger partial charge in [-0.15, -0.1) is 0 Å². The third-order valence-corrected chi connectivity index (χ3v) is 2.72. The summed E-state index contributed by atoms with van der Waals surface area (Å²) in [6, 6.07) is 9.62. The number of halogens is 1. The van der Waals surface area contributed by atoms with Crippen LogP contribution in [0.1, 0.15) is 17.4 Å². The van der Waals surface area contributed by atoms with Crippen LogP contribution in [0.15, 0.2) is 40.8 Å². The number of hydrogen-bond acceptors (Lipinski definition) is 4. The first-order valence-electron chi connectivity index (χ1n) is 5.23. The van der Waals surface area contributed by atoms with Crippen LogP contribution in [-0.4, -0.2) is 10.0 Å². The molecule has 94 valence electrons. The maximum Gasteiger partial charge on any atom is 0.433 e. The SMILES string of the molecule is O=[N+]([O-])c1ccc(C(O)Cc2ccc(Cl)cc2)o1. The lowest BCUT2D eigenvalue weighted by Gasteiger charge is -2.07. The fourth-order valence-electron chi connectivity index (χ4n) is 1.56. The molecular weight excluding hydrogens is 258 g/mol. The number of hydrogen-bond donors (Lipinski definition) is 1. The molecule has 1 N–H and O–H groups in total. The van der Waals surface area contributed by atoms with E-state index in [1.165, 1.54) is 12.1 Å². The maximum absolute atomic E-state index is 10.4. The maximum atomic E-state index is 10.4. The Morgan fingerprint density at radius 2 is 1.94 bits per heavy atom. The van der Waals surface area contributed by atoms with Crippen LogP contribution >= 0.6 is 11.6 Å². The van der Waals surface area contributed by atoms with E-state index in [2.05, 4.69) is 0 Å². The smallest absolute Gasteiger partial charge is 0.403 e. The van der Waals surface area contributed by atoms with Gasteiger partial charge in [0.25, 0.3) is 0 Å². The van der Waals surface area contributed by atoms with Gasteiger partial charge in [0.05, 0.1) is 6.07 Å². The van der Waals surface area contributed by atoms with Gasteiger partial charge in [0, 0.05) is 11.4 Å². The van der Waals surface area contributed by atoms with Crippen molar-refractivity contribution < 1.29 is 14.4 Å². The molecule has 0 spiro atoms. The molecule has 0 saturated carbocycles. The summed E-state index contributed by atoms with van der Waals surface area (Å²) in [5, 5.41) is 21.0. The zero-order valence-electron chi connectivity index (χ0n) is 9.25. The van der Waals surface area contributed by atoms with Crippen LogP contribution in [0, 0.1) is 10.1 Å². The Morgan fingerprint density at radius 1 is 1.28 bits per heavy atom. The van der Waals surface area contributed by atoms with Gasteiger partial charge in [-0.25, -0.2) is 0 Å². The lowest BCUT2D eigenvalue weighted by molar-refractivity contribution is -0.402. The number of furan rings is 1. The van der Waals surface area contributed by atoms with E-state index >= 15 is 0 Å². The molecule has 1 atom stereocenters. The molecule has 1 heterocycles. The van der Waals surface area contributed by atoms with Gasteiger partial charge in [0.15, 0.2) is 0 Å². The van der Waals surface area contributed by atoms with Crippen molar-refractivity contribution in [1.29, 1.82) is 0 Å². The average molecular weight is 268 g/mol. The van der Waals surface area contributed by atoms with E-state index in [4.69, 9.17) is 16.0 Å². The third-order valence-electron chi connectivity index (χ3n) is 2.46. The number of aliphatic hydroxyl groups is 1. The minimum Gasteiger partial charge on any atom is -0.403 e. The molecular formula is C12H10ClNO4. The molecule has 0 fully saturated rings. The zero-order chi connectivity index (χ0) is 13.1. The van der Waals surface area contributed by atoms with Crippen molar-refractivity contribution in [3.63, 3.8) is 0 Å². The minimum absolute atomic E-state index is 0.177. The summed E-state index contributed by atoms with van der Waals surface area (Å²) in [5.41, 5.74) is 0.867. The van der Waals surface area contributed by atoms with Crippen LogP contribution in [0.3, 0.4) is 0 Å². The molecule has 0 aliphatic rings. The second kappa shape index (κ2) is 5.20. The monoisotopic (exact) mass is 267 g/mol. The number of aliphatic hydroxyl groups excluding tert-OH is 1. The van der Waals surface area contributed by atoms with Gasteiger partial charge in [0.2, 0.25) is 0 Å². The lowest BCUT2D eigenvalue weighted by atomic mass is 10.1. The molecule has 6 heteroatoms. The largest absolute Gasteiger partial charge is 0.433 e. The lowest BCUT2D eigenvalue weighted by Crippen LogP contribution is -2.00. The molecule has 0 radical (unpaired) electrons. The Labute approximate surface area is 108 Å². The fraction of sp³-hybridized carbons (Fsp3) is 0.167. The molecule has 1 aromatic carbocycles. The van der Waals surface area contributed by atoms with E-state index in [1.54, 1.807) is 24.3 Å². The molecule has 1 aromatic heterocycles. The van der Waals surface area contributed by atoms with Crippen LogP contribution in [0.5, 0.6) is 0 Å². The minimum atomic E-state index is -0.917. The van der Waals surface area contributed by atoms with Crippen molar-refractivity contribution in [3.8, 4) is 0 Å². The normalized spacial score (nSPS) is 12.3. The summed E-state index contributed by atoms with van der Waals surface area (Å²) < 4.78 is 4.93. The molecule has 2 rings (SSSR count). The van der Waals surface area contributed by atoms with Gasteiger partial charge in [-0.3, -0.25) is 10.1 Å². The second-order valence-electron chi connectivity index (χ2n) is 3.78. The van der Waals surface area contributed by atoms with Gasteiger partial charge in [-0.1, -0.05) is 23.7 Å². The molecule has 18 heavy (non-hydrogen) atoms. The molecule has 0 aliphatic heterocycles. The standard InChI is InChI=1S/C12H10ClNO4/c13-9-3-1-8(2-4-9)7-10(15)11-5-6-12(18-11)14(16)17/h1-6,10,15H,7H2. The van der Waals surface area contributed by atoms with Crippen LogP contribution in [0.4, 0.5) is 5.88 Å². The number of rotatable bonds is 4. The zero-order valence-corrected chi connectivity index (χ0v) is 10.0. The predicted molar refractivity (Wildman–Crippen MR) is 65.5 cm³/mol. The highest BCUT2D eigenvalue weighted by Gasteiger charge is 2.18. The van der Waals surface area contributed by atoms with Crippen molar-refractivity contribution in [1.82, 2.24) is 0 Å². The third kappa shape index (κ3) is 2.88. The first kappa shape index (κ1) is 12.6. The van der Waals surface area contributed by atoms with Crippen LogP contribution in [0.2, 0.25) is 5.02 Å². The number of benzene rings is 1. The Hall–Kier alpha value is -1.85. The molecule has 0 aliphatic carbocycles. The molecule has 5 nitrogen and oxygen atoms in total. The quantitative estimate of drug-likeness (QED) is 0.682. The van der Waals surface area contributed by atoms with Crippen LogP contribution in [-0.2, 0) is 6.42 Å². The summed E-state index contributed by atoms with van der Waals surface area (Å²) >= 11 is 5.75. The van der Waals surface area contributed by atoms with Crippen molar-refractivity contribution in [3.05, 3.63) is 62.9 Å². The average Bonchev–Trinajstić information content (AvgIpc) is 2.81. The fourth-order valence-corrected chi connectivity index (χ4v) is 1.69. The van der Waals surface area contributed by atoms with Crippen molar-refractivity contribution in [2.45, 2.75) is 12.5 Å². The van der Waals surface area contributed by atoms with Gasteiger partial charge in [-0.2, -0.15) is 0 Å². The van der Waals surface area contributed by atoms with Crippen LogP contribution in [0.25, 0.3) is 0 Å². The summed E-state index contributed by atoms with van der Waals surface area (Å²) in [6.07, 6.45) is -0.609. The Kier molecular flexibility index (Phi) is 3.64. The van der Waals surface area contributed by atoms with E-state index in [9.17, 15) is 15.2 Å². The van der Waals surface area contributed by atoms with Crippen molar-refractivity contribution in [2.75, 3.05) is 0 Å². The van der Waals surface area contributed by atoms with E-state index in [-0.39, 0.29) is 11.6 Å². The molecule has 1 unspecified atom stereocenters. The van der Waals surface area contributed by atoms with E-state index in [0.717, 1.165) is 5.56 Å². The highest BCUT2D eigenvalue weighted by Crippen LogP contribution is 2.24. The summed E-state index contributed by atoms with van der Waals surface area (Å²) in [4.78, 5) is 9.81. The summed E-state index contributed by atoms with van der Waals surface area (Å²) in [7, 11) is 0. The molecule has 2 aromatic rings. The van der Waals surface area contributed by atoms with E-state index in [1.807, 2.05) is 0 Å². The van der Waals surface area contributed by atoms with Crippen molar-refractivity contribution >= 4 is 17.5 Å². The molecule has 0 saturated heterocycles. The van der Waals surface area contributed by atoms with E-state index < -0.39 is 11.0 Å². The highest BCUT2D eigenvalue weighted by molar-refractivity contribution is 6.30. The van der Waals surface area contributed by atoms with E-state index in [0.29, 0.717) is 11.4 Å².